The van der Waals surface area contributed by atoms with E-state index in [1.807, 2.05) is 66.7 Å². The molecule has 9 rings (SSSR count). The van der Waals surface area contributed by atoms with E-state index >= 15 is 0 Å². The number of fused-ring (bicyclic) bond motifs is 4. The Morgan fingerprint density at radius 2 is 0.660 bits per heavy atom. The second-order valence-electron chi connectivity index (χ2n) is 11.7. The summed E-state index contributed by atoms with van der Waals surface area (Å²) in [7, 11) is 0. The van der Waals surface area contributed by atoms with Gasteiger partial charge in [0.2, 0.25) is 0 Å². The van der Waals surface area contributed by atoms with E-state index in [9.17, 15) is 9.11 Å². The van der Waals surface area contributed by atoms with Gasteiger partial charge in [-0.05, 0) is 68.8 Å². The van der Waals surface area contributed by atoms with Crippen LogP contribution in [-0.4, -0.2) is 9.11 Å². The van der Waals surface area contributed by atoms with E-state index < -0.39 is 22.4 Å². The molecule has 2 aliphatic rings. The molecule has 47 heavy (non-hydrogen) atoms. The maximum atomic E-state index is 14.1. The van der Waals surface area contributed by atoms with Crippen molar-refractivity contribution in [3.05, 3.63) is 164 Å². The Labute approximate surface area is 280 Å². The highest BCUT2D eigenvalue weighted by molar-refractivity contribution is 7.93. The molecule has 2 heterocycles. The number of rotatable bonds is 4. The normalized spacial score (nSPS) is 15.8. The zero-order valence-corrected chi connectivity index (χ0v) is 26.8. The minimum atomic E-state index is -1.43. The first-order valence-electron chi connectivity index (χ1n) is 15.5. The van der Waals surface area contributed by atoms with Crippen molar-refractivity contribution >= 4 is 39.4 Å². The van der Waals surface area contributed by atoms with Crippen molar-refractivity contribution in [2.24, 2.45) is 0 Å². The summed E-state index contributed by atoms with van der Waals surface area (Å²) >= 11 is -2.85. The van der Waals surface area contributed by atoms with Crippen molar-refractivity contribution in [1.29, 1.82) is 0 Å². The molecule has 2 unspecified atom stereocenters. The number of para-hydroxylation sites is 1. The fraction of sp³-hybridized carbons (Fsp3) is 0. The summed E-state index contributed by atoms with van der Waals surface area (Å²) in [4.78, 5) is 5.03. The molecule has 7 aromatic rings. The van der Waals surface area contributed by atoms with Crippen molar-refractivity contribution in [2.45, 2.75) is 19.6 Å². The van der Waals surface area contributed by atoms with E-state index in [1.54, 1.807) is 0 Å². The lowest BCUT2D eigenvalue weighted by atomic mass is 9.99. The highest BCUT2D eigenvalue weighted by atomic mass is 32.2. The van der Waals surface area contributed by atoms with Gasteiger partial charge in [0.05, 0.1) is 0 Å². The molecule has 5 heteroatoms. The van der Waals surface area contributed by atoms with Crippen molar-refractivity contribution in [1.82, 2.24) is 0 Å². The van der Waals surface area contributed by atoms with Crippen LogP contribution in [0.25, 0.3) is 44.5 Å². The van der Waals surface area contributed by atoms with Crippen molar-refractivity contribution in [2.75, 3.05) is 4.90 Å². The van der Waals surface area contributed by atoms with Gasteiger partial charge in [-0.25, -0.2) is 0 Å². The van der Waals surface area contributed by atoms with Crippen LogP contribution < -0.4 is 4.90 Å². The standard InChI is InChI=1S/C42H27NO2S2/c44-46-38-12-7-13-39-42(38)43(36-24-22-34(26-40(36)46)32-18-14-30(15-19-32)28-8-3-1-4-9-28)37-25-23-35(27-41(37)47(39)45)33-20-16-31(17-21-33)29-10-5-2-6-11-29/h1-27H. The second kappa shape index (κ2) is 11.3. The lowest BCUT2D eigenvalue weighted by Gasteiger charge is -2.37. The Balaban J connectivity index is 1.11. The smallest absolute Gasteiger partial charge is 0.187 e. The summed E-state index contributed by atoms with van der Waals surface area (Å²) in [6.07, 6.45) is 0. The van der Waals surface area contributed by atoms with E-state index in [2.05, 4.69) is 102 Å². The molecule has 224 valence electrons. The van der Waals surface area contributed by atoms with E-state index in [4.69, 9.17) is 0 Å². The van der Waals surface area contributed by atoms with Gasteiger partial charge >= 0.3 is 0 Å². The molecule has 7 aromatic carbocycles. The molecule has 3 nitrogen and oxygen atoms in total. The van der Waals surface area contributed by atoms with Gasteiger partial charge in [0.1, 0.15) is 11.4 Å². The SMILES string of the molecule is [O-][S+]1c2cc(-c3ccc(-c4ccccc4)cc3)ccc2N2c3ccc(-c4ccc(-c5ccccc5)cc4)cc3[S+]([O-])c3cccc1c32. The van der Waals surface area contributed by atoms with Crippen molar-refractivity contribution in [3.63, 3.8) is 0 Å². The third-order valence-corrected chi connectivity index (χ3v) is 11.9. The van der Waals surface area contributed by atoms with Crippen LogP contribution in [-0.2, 0) is 22.4 Å². The number of benzene rings is 7. The van der Waals surface area contributed by atoms with Crippen molar-refractivity contribution < 1.29 is 9.11 Å². The molecule has 0 radical (unpaired) electrons. The molecule has 0 spiro atoms. The largest absolute Gasteiger partial charge is 0.606 e. The number of nitrogens with zero attached hydrogens (tertiary/aromatic N) is 1. The highest BCUT2D eigenvalue weighted by Gasteiger charge is 2.45. The Kier molecular flexibility index (Phi) is 6.80. The molecule has 0 saturated heterocycles. The van der Waals surface area contributed by atoms with Crippen molar-refractivity contribution in [3.8, 4) is 44.5 Å². The zero-order chi connectivity index (χ0) is 31.5. The van der Waals surface area contributed by atoms with Crippen LogP contribution in [0.5, 0.6) is 0 Å². The van der Waals surface area contributed by atoms with Gasteiger partial charge in [0.25, 0.3) is 0 Å². The lowest BCUT2D eigenvalue weighted by molar-refractivity contribution is 0.589. The first-order chi connectivity index (χ1) is 23.1. The Bertz CT molecular complexity index is 2110. The van der Waals surface area contributed by atoms with Gasteiger partial charge in [-0.2, -0.15) is 0 Å². The molecule has 2 atom stereocenters. The van der Waals surface area contributed by atoms with Gasteiger partial charge in [0.15, 0.2) is 25.3 Å². The molecule has 0 amide bonds. The Morgan fingerprint density at radius 1 is 0.319 bits per heavy atom. The Hall–Kier alpha value is -5.04. The van der Waals surface area contributed by atoms with Crippen LogP contribution >= 0.6 is 0 Å². The highest BCUT2D eigenvalue weighted by Crippen LogP contribution is 2.56. The zero-order valence-electron chi connectivity index (χ0n) is 25.2. The molecule has 0 N–H and O–H groups in total. The summed E-state index contributed by atoms with van der Waals surface area (Å²) in [5.74, 6) is 0. The average molecular weight is 642 g/mol. The fourth-order valence-corrected chi connectivity index (χ4v) is 9.52. The number of anilines is 3. The molecule has 0 fully saturated rings. The predicted octanol–water partition coefficient (Wildman–Crippen LogP) is 10.8. The van der Waals surface area contributed by atoms with Crippen LogP contribution in [0.15, 0.2) is 183 Å². The number of hydrogen-bond donors (Lipinski definition) is 0. The third kappa shape index (κ3) is 4.70. The van der Waals surface area contributed by atoms with Crippen LogP contribution in [0.4, 0.5) is 17.1 Å². The minimum Gasteiger partial charge on any atom is -0.606 e. The van der Waals surface area contributed by atoms with Crippen LogP contribution in [0, 0.1) is 0 Å². The summed E-state index contributed by atoms with van der Waals surface area (Å²) in [6, 6.07) is 55.7. The predicted molar refractivity (Wildman–Crippen MR) is 192 cm³/mol. The van der Waals surface area contributed by atoms with E-state index in [1.165, 1.54) is 11.1 Å². The number of hydrogen-bond acceptors (Lipinski definition) is 3. The fourth-order valence-electron chi connectivity index (χ4n) is 6.65. The topological polar surface area (TPSA) is 49.4 Å². The second-order valence-corrected chi connectivity index (χ2v) is 14.6. The van der Waals surface area contributed by atoms with E-state index in [0.717, 1.165) is 60.2 Å². The quantitative estimate of drug-likeness (QED) is 0.180. The third-order valence-electron chi connectivity index (χ3n) is 9.04. The molecule has 0 bridgehead atoms. The maximum absolute atomic E-state index is 14.1. The molecule has 0 aliphatic carbocycles. The summed E-state index contributed by atoms with van der Waals surface area (Å²) in [5.41, 5.74) is 11.3. The molecular formula is C42H27NO2S2. The summed E-state index contributed by atoms with van der Waals surface area (Å²) in [6.45, 7) is 0. The van der Waals surface area contributed by atoms with Gasteiger partial charge in [0, 0.05) is 34.5 Å². The maximum Gasteiger partial charge on any atom is 0.187 e. The van der Waals surface area contributed by atoms with Gasteiger partial charge in [-0.15, -0.1) is 0 Å². The van der Waals surface area contributed by atoms with Gasteiger partial charge in [-0.1, -0.05) is 127 Å². The van der Waals surface area contributed by atoms with Gasteiger partial charge in [-0.3, -0.25) is 4.90 Å². The summed E-state index contributed by atoms with van der Waals surface area (Å²) < 4.78 is 28.3. The molecular weight excluding hydrogens is 615 g/mol. The first kappa shape index (κ1) is 28.2. The Morgan fingerprint density at radius 3 is 1.06 bits per heavy atom. The van der Waals surface area contributed by atoms with Crippen LogP contribution in [0.3, 0.4) is 0 Å². The minimum absolute atomic E-state index is 0.686. The summed E-state index contributed by atoms with van der Waals surface area (Å²) in [5, 5.41) is 0. The molecule has 2 aliphatic heterocycles. The van der Waals surface area contributed by atoms with E-state index in [-0.39, 0.29) is 0 Å². The first-order valence-corrected chi connectivity index (χ1v) is 17.8. The lowest BCUT2D eigenvalue weighted by Crippen LogP contribution is -2.29. The average Bonchev–Trinajstić information content (AvgIpc) is 3.15. The monoisotopic (exact) mass is 641 g/mol. The molecule has 0 aromatic heterocycles. The van der Waals surface area contributed by atoms with E-state index in [0.29, 0.717) is 9.79 Å². The molecule has 0 saturated carbocycles. The van der Waals surface area contributed by atoms with Gasteiger partial charge < -0.3 is 9.11 Å². The van der Waals surface area contributed by atoms with Crippen LogP contribution in [0.2, 0.25) is 0 Å². The van der Waals surface area contributed by atoms with Crippen LogP contribution in [0.1, 0.15) is 0 Å².